The molecule has 1 fully saturated rings. The number of nitrogens with zero attached hydrogens (tertiary/aromatic N) is 1. The molecule has 1 N–H and O–H groups in total. The lowest BCUT2D eigenvalue weighted by molar-refractivity contribution is -0.144. The molecule has 126 valence electrons. The van der Waals surface area contributed by atoms with Crippen molar-refractivity contribution < 1.29 is 14.3 Å². The van der Waals surface area contributed by atoms with Crippen molar-refractivity contribution >= 4 is 11.8 Å². The van der Waals surface area contributed by atoms with Crippen LogP contribution in [0.1, 0.15) is 42.1 Å². The van der Waals surface area contributed by atoms with Crippen LogP contribution in [0.5, 0.6) is 0 Å². The van der Waals surface area contributed by atoms with Gasteiger partial charge in [0.2, 0.25) is 5.91 Å². The molecule has 1 aliphatic heterocycles. The summed E-state index contributed by atoms with van der Waals surface area (Å²) in [6.45, 7) is 3.36. The Morgan fingerprint density at radius 1 is 1.30 bits per heavy atom. The Labute approximate surface area is 138 Å². The summed E-state index contributed by atoms with van der Waals surface area (Å²) in [6, 6.07) is 7.35. The molecule has 2 rings (SSSR count). The van der Waals surface area contributed by atoms with Gasteiger partial charge in [-0.2, -0.15) is 0 Å². The Kier molecular flexibility index (Phi) is 6.16. The molecule has 0 aromatic heterocycles. The van der Waals surface area contributed by atoms with Crippen LogP contribution in [0.25, 0.3) is 0 Å². The number of carbonyl (C=O) groups excluding carboxylic acids is 2. The van der Waals surface area contributed by atoms with E-state index in [9.17, 15) is 9.59 Å². The summed E-state index contributed by atoms with van der Waals surface area (Å²) in [4.78, 5) is 26.0. The molecule has 1 heterocycles. The Hall–Kier alpha value is -1.88. The minimum atomic E-state index is -0.105. The van der Waals surface area contributed by atoms with Crippen molar-refractivity contribution in [3.63, 3.8) is 0 Å². The number of hydrogen-bond acceptors (Lipinski definition) is 3. The number of rotatable bonds is 5. The number of nitrogens with one attached hydrogen (secondary N) is 1. The molecule has 0 aliphatic carbocycles. The molecular formula is C18H26N2O3. The van der Waals surface area contributed by atoms with Crippen LogP contribution in [0.3, 0.4) is 0 Å². The smallest absolute Gasteiger partial charge is 0.251 e. The second-order valence-electron chi connectivity index (χ2n) is 6.04. The average molecular weight is 318 g/mol. The molecular weight excluding hydrogens is 292 g/mol. The van der Waals surface area contributed by atoms with Crippen molar-refractivity contribution in [2.45, 2.75) is 38.8 Å². The first-order chi connectivity index (χ1) is 11.1. The molecule has 0 spiro atoms. The van der Waals surface area contributed by atoms with Crippen molar-refractivity contribution in [3.8, 4) is 0 Å². The lowest BCUT2D eigenvalue weighted by Crippen LogP contribution is -2.41. The molecule has 1 aromatic carbocycles. The van der Waals surface area contributed by atoms with E-state index in [1.54, 1.807) is 24.1 Å². The summed E-state index contributed by atoms with van der Waals surface area (Å²) in [6.07, 6.45) is 2.75. The van der Waals surface area contributed by atoms with E-state index in [1.807, 2.05) is 19.2 Å². The Morgan fingerprint density at radius 3 is 2.61 bits per heavy atom. The predicted molar refractivity (Wildman–Crippen MR) is 89.1 cm³/mol. The third-order valence-electron chi connectivity index (χ3n) is 4.40. The first kappa shape index (κ1) is 17.5. The third-order valence-corrected chi connectivity index (χ3v) is 4.40. The third kappa shape index (κ3) is 4.32. The average Bonchev–Trinajstić information content (AvgIpc) is 2.60. The van der Waals surface area contributed by atoms with Crippen LogP contribution < -0.4 is 5.32 Å². The number of amides is 2. The molecule has 2 atom stereocenters. The summed E-state index contributed by atoms with van der Waals surface area (Å²) in [5.74, 6) is 0.00180. The highest BCUT2D eigenvalue weighted by molar-refractivity contribution is 5.93. The zero-order chi connectivity index (χ0) is 16.8. The molecule has 1 aliphatic rings. The quantitative estimate of drug-likeness (QED) is 0.905. The monoisotopic (exact) mass is 318 g/mol. The first-order valence-corrected chi connectivity index (χ1v) is 8.24. The van der Waals surface area contributed by atoms with E-state index >= 15 is 0 Å². The lowest BCUT2D eigenvalue weighted by Gasteiger charge is -2.33. The van der Waals surface area contributed by atoms with Gasteiger partial charge < -0.3 is 15.0 Å². The van der Waals surface area contributed by atoms with Gasteiger partial charge >= 0.3 is 0 Å². The highest BCUT2D eigenvalue weighted by atomic mass is 16.5. The van der Waals surface area contributed by atoms with Gasteiger partial charge in [-0.05, 0) is 37.0 Å². The van der Waals surface area contributed by atoms with Crippen molar-refractivity contribution in [2.24, 2.45) is 5.92 Å². The van der Waals surface area contributed by atoms with Gasteiger partial charge in [-0.1, -0.05) is 19.1 Å². The van der Waals surface area contributed by atoms with Crippen molar-refractivity contribution in [3.05, 3.63) is 35.4 Å². The van der Waals surface area contributed by atoms with Gasteiger partial charge in [0, 0.05) is 32.8 Å². The maximum atomic E-state index is 12.7. The van der Waals surface area contributed by atoms with E-state index in [0.717, 1.165) is 31.4 Å². The molecule has 0 bridgehead atoms. The number of carbonyl (C=O) groups is 2. The van der Waals surface area contributed by atoms with Crippen molar-refractivity contribution in [2.75, 3.05) is 20.7 Å². The summed E-state index contributed by atoms with van der Waals surface area (Å²) >= 11 is 0. The van der Waals surface area contributed by atoms with E-state index in [4.69, 9.17) is 4.74 Å². The molecule has 1 aromatic rings. The summed E-state index contributed by atoms with van der Waals surface area (Å²) < 4.78 is 5.72. The van der Waals surface area contributed by atoms with Gasteiger partial charge in [0.25, 0.3) is 5.91 Å². The zero-order valence-corrected chi connectivity index (χ0v) is 14.2. The van der Waals surface area contributed by atoms with Crippen LogP contribution >= 0.6 is 0 Å². The molecule has 0 saturated carbocycles. The van der Waals surface area contributed by atoms with Crippen LogP contribution in [-0.4, -0.2) is 43.5 Å². The van der Waals surface area contributed by atoms with Gasteiger partial charge in [-0.15, -0.1) is 0 Å². The van der Waals surface area contributed by atoms with Crippen molar-refractivity contribution in [1.82, 2.24) is 10.2 Å². The van der Waals surface area contributed by atoms with Crippen LogP contribution in [-0.2, 0) is 16.1 Å². The maximum Gasteiger partial charge on any atom is 0.251 e. The van der Waals surface area contributed by atoms with E-state index in [-0.39, 0.29) is 23.8 Å². The Balaban J connectivity index is 1.98. The largest absolute Gasteiger partial charge is 0.377 e. The van der Waals surface area contributed by atoms with Crippen LogP contribution in [0, 0.1) is 5.92 Å². The minimum Gasteiger partial charge on any atom is -0.377 e. The van der Waals surface area contributed by atoms with Crippen LogP contribution in [0.2, 0.25) is 0 Å². The minimum absolute atomic E-state index is 0.0364. The normalized spacial score (nSPS) is 20.8. The van der Waals surface area contributed by atoms with Crippen molar-refractivity contribution in [1.29, 1.82) is 0 Å². The summed E-state index contributed by atoms with van der Waals surface area (Å²) in [7, 11) is 3.44. The Bertz CT molecular complexity index is 542. The van der Waals surface area contributed by atoms with Gasteiger partial charge in [-0.25, -0.2) is 0 Å². The molecule has 2 amide bonds. The first-order valence-electron chi connectivity index (χ1n) is 8.24. The fourth-order valence-electron chi connectivity index (χ4n) is 3.07. The van der Waals surface area contributed by atoms with E-state index < -0.39 is 0 Å². The van der Waals surface area contributed by atoms with Crippen LogP contribution in [0.4, 0.5) is 0 Å². The van der Waals surface area contributed by atoms with Gasteiger partial charge in [0.1, 0.15) is 0 Å². The van der Waals surface area contributed by atoms with E-state index in [0.29, 0.717) is 12.1 Å². The second kappa shape index (κ2) is 8.11. The SMILES string of the molecule is CC[C@@H]1OCCC[C@H]1C(=O)N(C)Cc1ccc(C(=O)NC)cc1. The van der Waals surface area contributed by atoms with Gasteiger partial charge in [0.15, 0.2) is 0 Å². The second-order valence-corrected chi connectivity index (χ2v) is 6.04. The molecule has 5 heteroatoms. The molecule has 0 unspecified atom stereocenters. The lowest BCUT2D eigenvalue weighted by atomic mass is 9.91. The van der Waals surface area contributed by atoms with Gasteiger partial charge in [0.05, 0.1) is 12.0 Å². The molecule has 1 saturated heterocycles. The zero-order valence-electron chi connectivity index (χ0n) is 14.2. The number of hydrogen-bond donors (Lipinski definition) is 1. The summed E-state index contributed by atoms with van der Waals surface area (Å²) in [5, 5.41) is 2.60. The predicted octanol–water partition coefficient (Wildman–Crippen LogP) is 2.21. The van der Waals surface area contributed by atoms with Crippen LogP contribution in [0.15, 0.2) is 24.3 Å². The fraction of sp³-hybridized carbons (Fsp3) is 0.556. The number of benzene rings is 1. The Morgan fingerprint density at radius 2 is 2.00 bits per heavy atom. The number of ether oxygens (including phenoxy) is 1. The van der Waals surface area contributed by atoms with E-state index in [2.05, 4.69) is 12.2 Å². The highest BCUT2D eigenvalue weighted by Gasteiger charge is 2.32. The summed E-state index contributed by atoms with van der Waals surface area (Å²) in [5.41, 5.74) is 1.63. The topological polar surface area (TPSA) is 58.6 Å². The van der Waals surface area contributed by atoms with Gasteiger partial charge in [-0.3, -0.25) is 9.59 Å². The van der Waals surface area contributed by atoms with E-state index in [1.165, 1.54) is 0 Å². The molecule has 23 heavy (non-hydrogen) atoms. The molecule has 5 nitrogen and oxygen atoms in total. The fourth-order valence-corrected chi connectivity index (χ4v) is 3.07. The maximum absolute atomic E-state index is 12.7. The standard InChI is InChI=1S/C18H26N2O3/c1-4-16-15(6-5-11-23-16)18(22)20(3)12-13-7-9-14(10-8-13)17(21)19-2/h7-10,15-16H,4-6,11-12H2,1-3H3,(H,19,21)/t15-,16+/m1/s1. The highest BCUT2D eigenvalue weighted by Crippen LogP contribution is 2.25. The molecule has 0 radical (unpaired) electrons.